The fraction of sp³-hybridized carbons (Fsp3) is 0.308. The Morgan fingerprint density at radius 3 is 2.83 bits per heavy atom. The zero-order chi connectivity index (χ0) is 12.9. The maximum atomic E-state index is 13.9. The zero-order valence-electron chi connectivity index (χ0n) is 9.95. The van der Waals surface area contributed by atoms with E-state index in [1.807, 2.05) is 11.5 Å². The highest BCUT2D eigenvalue weighted by Crippen LogP contribution is 2.41. The van der Waals surface area contributed by atoms with Crippen molar-refractivity contribution in [2.24, 2.45) is 0 Å². The number of nitrogens with zero attached hydrogens (tertiary/aromatic N) is 2. The molecule has 1 aromatic carbocycles. The van der Waals surface area contributed by atoms with Crippen LogP contribution in [-0.4, -0.2) is 9.55 Å². The Hall–Kier alpha value is -1.36. The molecule has 2 N–H and O–H groups in total. The molecule has 0 unspecified atom stereocenters. The van der Waals surface area contributed by atoms with E-state index in [2.05, 4.69) is 20.9 Å². The van der Waals surface area contributed by atoms with Gasteiger partial charge in [0, 0.05) is 16.1 Å². The normalized spacial score (nSPS) is 15.1. The number of anilines is 1. The molecule has 5 heteroatoms. The standard InChI is InChI=1S/C13H13BrFN3/c1-7-17-12(13(16)18(7)9-3-4-9)10-6-8(14)2-5-11(10)15/h2,5-6,9H,3-4,16H2,1H3. The molecule has 1 heterocycles. The van der Waals surface area contributed by atoms with Crippen LogP contribution in [0.2, 0.25) is 0 Å². The first-order valence-corrected chi connectivity index (χ1v) is 6.67. The van der Waals surface area contributed by atoms with Gasteiger partial charge in [0.1, 0.15) is 23.2 Å². The van der Waals surface area contributed by atoms with E-state index in [4.69, 9.17) is 5.73 Å². The monoisotopic (exact) mass is 309 g/mol. The molecule has 1 aromatic heterocycles. The van der Waals surface area contributed by atoms with E-state index in [9.17, 15) is 4.39 Å². The van der Waals surface area contributed by atoms with Gasteiger partial charge in [0.2, 0.25) is 0 Å². The third kappa shape index (κ3) is 1.82. The fourth-order valence-corrected chi connectivity index (χ4v) is 2.59. The van der Waals surface area contributed by atoms with E-state index in [1.54, 1.807) is 12.1 Å². The van der Waals surface area contributed by atoms with Crippen molar-refractivity contribution in [3.63, 3.8) is 0 Å². The van der Waals surface area contributed by atoms with Crippen molar-refractivity contribution in [2.75, 3.05) is 5.73 Å². The number of halogens is 2. The minimum atomic E-state index is -0.301. The summed E-state index contributed by atoms with van der Waals surface area (Å²) in [6, 6.07) is 5.25. The maximum Gasteiger partial charge on any atom is 0.132 e. The second-order valence-electron chi connectivity index (χ2n) is 4.62. The highest BCUT2D eigenvalue weighted by Gasteiger charge is 2.29. The highest BCUT2D eigenvalue weighted by atomic mass is 79.9. The van der Waals surface area contributed by atoms with Gasteiger partial charge in [0.25, 0.3) is 0 Å². The molecule has 0 bridgehead atoms. The van der Waals surface area contributed by atoms with E-state index >= 15 is 0 Å². The molecule has 0 radical (unpaired) electrons. The Kier molecular flexibility index (Phi) is 2.66. The van der Waals surface area contributed by atoms with Gasteiger partial charge < -0.3 is 10.3 Å². The Bertz CT molecular complexity index is 617. The summed E-state index contributed by atoms with van der Waals surface area (Å²) in [7, 11) is 0. The lowest BCUT2D eigenvalue weighted by molar-refractivity contribution is 0.630. The van der Waals surface area contributed by atoms with Crippen molar-refractivity contribution in [3.8, 4) is 11.3 Å². The molecular formula is C13H13BrFN3. The topological polar surface area (TPSA) is 43.8 Å². The van der Waals surface area contributed by atoms with Gasteiger partial charge in [-0.3, -0.25) is 0 Å². The molecule has 0 aliphatic heterocycles. The lowest BCUT2D eigenvalue weighted by Crippen LogP contribution is -2.02. The van der Waals surface area contributed by atoms with Gasteiger partial charge in [0.05, 0.1) is 0 Å². The number of nitrogens with two attached hydrogens (primary N) is 1. The van der Waals surface area contributed by atoms with Gasteiger partial charge in [-0.15, -0.1) is 0 Å². The number of aryl methyl sites for hydroxylation is 1. The molecule has 0 atom stereocenters. The number of benzene rings is 1. The lowest BCUT2D eigenvalue weighted by Gasteiger charge is -2.06. The first-order valence-electron chi connectivity index (χ1n) is 5.87. The number of hydrogen-bond acceptors (Lipinski definition) is 2. The average molecular weight is 310 g/mol. The third-order valence-electron chi connectivity index (χ3n) is 3.22. The first kappa shape index (κ1) is 11.7. The van der Waals surface area contributed by atoms with E-state index in [1.165, 1.54) is 6.07 Å². The van der Waals surface area contributed by atoms with Crippen molar-refractivity contribution in [3.05, 3.63) is 34.3 Å². The molecule has 0 saturated heterocycles. The Labute approximate surface area is 113 Å². The predicted molar refractivity (Wildman–Crippen MR) is 72.7 cm³/mol. The molecule has 1 fully saturated rings. The van der Waals surface area contributed by atoms with Crippen LogP contribution in [0.15, 0.2) is 22.7 Å². The smallest absolute Gasteiger partial charge is 0.132 e. The molecule has 3 rings (SSSR count). The highest BCUT2D eigenvalue weighted by molar-refractivity contribution is 9.10. The zero-order valence-corrected chi connectivity index (χ0v) is 11.5. The summed E-state index contributed by atoms with van der Waals surface area (Å²) in [5, 5.41) is 0. The van der Waals surface area contributed by atoms with Gasteiger partial charge in [0.15, 0.2) is 0 Å². The van der Waals surface area contributed by atoms with Gasteiger partial charge >= 0.3 is 0 Å². The van der Waals surface area contributed by atoms with Gasteiger partial charge in [-0.1, -0.05) is 15.9 Å². The number of hydrogen-bond donors (Lipinski definition) is 1. The van der Waals surface area contributed by atoms with Crippen LogP contribution in [0.4, 0.5) is 10.2 Å². The summed E-state index contributed by atoms with van der Waals surface area (Å²) in [5.41, 5.74) is 7.10. The number of rotatable bonds is 2. The quantitative estimate of drug-likeness (QED) is 0.919. The molecule has 0 amide bonds. The molecule has 0 spiro atoms. The number of aromatic nitrogens is 2. The van der Waals surface area contributed by atoms with Crippen LogP contribution in [-0.2, 0) is 0 Å². The van der Waals surface area contributed by atoms with E-state index in [-0.39, 0.29) is 5.82 Å². The van der Waals surface area contributed by atoms with E-state index in [0.717, 1.165) is 23.1 Å². The molecular weight excluding hydrogens is 297 g/mol. The number of imidazole rings is 1. The summed E-state index contributed by atoms with van der Waals surface area (Å²) < 4.78 is 16.7. The van der Waals surface area contributed by atoms with Crippen LogP contribution in [0.1, 0.15) is 24.7 Å². The predicted octanol–water partition coefficient (Wildman–Crippen LogP) is 3.68. The van der Waals surface area contributed by atoms with Crippen molar-refractivity contribution < 1.29 is 4.39 Å². The summed E-state index contributed by atoms with van der Waals surface area (Å²) >= 11 is 3.34. The largest absolute Gasteiger partial charge is 0.383 e. The fourth-order valence-electron chi connectivity index (χ4n) is 2.23. The summed E-state index contributed by atoms with van der Waals surface area (Å²) in [5.74, 6) is 1.11. The Morgan fingerprint density at radius 1 is 1.44 bits per heavy atom. The molecule has 1 aliphatic carbocycles. The van der Waals surface area contributed by atoms with Crippen LogP contribution in [0.3, 0.4) is 0 Å². The molecule has 3 nitrogen and oxygen atoms in total. The van der Waals surface area contributed by atoms with Gasteiger partial charge in [-0.2, -0.15) is 0 Å². The SMILES string of the molecule is Cc1nc(-c2cc(Br)ccc2F)c(N)n1C1CC1. The van der Waals surface area contributed by atoms with Crippen molar-refractivity contribution >= 4 is 21.7 Å². The average Bonchev–Trinajstić information content (AvgIpc) is 3.10. The minimum absolute atomic E-state index is 0.301. The van der Waals surface area contributed by atoms with Gasteiger partial charge in [-0.05, 0) is 38.0 Å². The molecule has 18 heavy (non-hydrogen) atoms. The van der Waals surface area contributed by atoms with Crippen LogP contribution in [0.25, 0.3) is 11.3 Å². The van der Waals surface area contributed by atoms with Gasteiger partial charge in [-0.25, -0.2) is 9.37 Å². The Balaban J connectivity index is 2.17. The molecule has 1 saturated carbocycles. The van der Waals surface area contributed by atoms with Crippen LogP contribution in [0.5, 0.6) is 0 Å². The van der Waals surface area contributed by atoms with Crippen molar-refractivity contribution in [1.29, 1.82) is 0 Å². The lowest BCUT2D eigenvalue weighted by atomic mass is 10.1. The van der Waals surface area contributed by atoms with E-state index in [0.29, 0.717) is 23.1 Å². The molecule has 1 aliphatic rings. The first-order chi connectivity index (χ1) is 8.58. The summed E-state index contributed by atoms with van der Waals surface area (Å²) in [6.07, 6.45) is 2.25. The Morgan fingerprint density at radius 2 is 2.17 bits per heavy atom. The second kappa shape index (κ2) is 4.09. The van der Waals surface area contributed by atoms with Crippen LogP contribution in [0, 0.1) is 12.7 Å². The second-order valence-corrected chi connectivity index (χ2v) is 5.53. The third-order valence-corrected chi connectivity index (χ3v) is 3.71. The molecule has 2 aromatic rings. The minimum Gasteiger partial charge on any atom is -0.383 e. The summed E-state index contributed by atoms with van der Waals surface area (Å²) in [4.78, 5) is 4.42. The van der Waals surface area contributed by atoms with Crippen molar-refractivity contribution in [1.82, 2.24) is 9.55 Å². The summed E-state index contributed by atoms with van der Waals surface area (Å²) in [6.45, 7) is 1.91. The number of nitrogen functional groups attached to an aromatic ring is 1. The van der Waals surface area contributed by atoms with Crippen LogP contribution >= 0.6 is 15.9 Å². The van der Waals surface area contributed by atoms with Crippen LogP contribution < -0.4 is 5.73 Å². The molecule has 94 valence electrons. The van der Waals surface area contributed by atoms with E-state index < -0.39 is 0 Å². The van der Waals surface area contributed by atoms with Crippen molar-refractivity contribution in [2.45, 2.75) is 25.8 Å². The maximum absolute atomic E-state index is 13.9.